The lowest BCUT2D eigenvalue weighted by Crippen LogP contribution is -2.42. The van der Waals surface area contributed by atoms with Gasteiger partial charge in [-0.05, 0) is 61.8 Å². The lowest BCUT2D eigenvalue weighted by molar-refractivity contribution is 0.322. The Morgan fingerprint density at radius 2 is 2.06 bits per heavy atom. The Morgan fingerprint density at radius 1 is 1.19 bits per heavy atom. The molecule has 1 atom stereocenters. The quantitative estimate of drug-likeness (QED) is 0.617. The number of thiophene rings is 1. The molecule has 1 aromatic carbocycles. The zero-order chi connectivity index (χ0) is 21.2. The number of aryl methyl sites for hydroxylation is 3. The van der Waals surface area contributed by atoms with Crippen LogP contribution in [0.5, 0.6) is 5.75 Å². The van der Waals surface area contributed by atoms with E-state index >= 15 is 0 Å². The van der Waals surface area contributed by atoms with Crippen LogP contribution in [0.4, 0.5) is 0 Å². The van der Waals surface area contributed by atoms with Gasteiger partial charge in [0.1, 0.15) is 10.6 Å². The third-order valence-electron chi connectivity index (χ3n) is 6.89. The molecular formula is C25H31N3O2S. The van der Waals surface area contributed by atoms with Crippen LogP contribution in [0.3, 0.4) is 0 Å². The van der Waals surface area contributed by atoms with E-state index in [1.807, 2.05) is 18.2 Å². The standard InChI is InChI=1S/C25H31N3O2S/c1-30-20-9-5-6-17(14-20)12-13-28-16-26-24-23(25(28)29)21-11-10-19(15-22(21)31-24)27-18-7-3-2-4-8-18/h5-6,9,14,16,18-19,27H,2-4,7-8,10-13,15H2,1H3. The minimum atomic E-state index is 0.115. The summed E-state index contributed by atoms with van der Waals surface area (Å²) >= 11 is 1.73. The highest BCUT2D eigenvalue weighted by Crippen LogP contribution is 2.34. The van der Waals surface area contributed by atoms with Gasteiger partial charge in [0.15, 0.2) is 0 Å². The van der Waals surface area contributed by atoms with Gasteiger partial charge in [-0.3, -0.25) is 9.36 Å². The Morgan fingerprint density at radius 3 is 2.90 bits per heavy atom. The summed E-state index contributed by atoms with van der Waals surface area (Å²) < 4.78 is 7.09. The molecule has 2 aliphatic carbocycles. The summed E-state index contributed by atoms with van der Waals surface area (Å²) in [5.74, 6) is 0.849. The zero-order valence-electron chi connectivity index (χ0n) is 18.2. The number of rotatable bonds is 6. The molecule has 5 rings (SSSR count). The van der Waals surface area contributed by atoms with Gasteiger partial charge in [-0.25, -0.2) is 4.98 Å². The topological polar surface area (TPSA) is 56.2 Å². The van der Waals surface area contributed by atoms with Gasteiger partial charge >= 0.3 is 0 Å². The van der Waals surface area contributed by atoms with Crippen LogP contribution >= 0.6 is 11.3 Å². The zero-order valence-corrected chi connectivity index (χ0v) is 19.0. The van der Waals surface area contributed by atoms with Crippen molar-refractivity contribution in [2.24, 2.45) is 0 Å². The van der Waals surface area contributed by atoms with Crippen LogP contribution < -0.4 is 15.6 Å². The summed E-state index contributed by atoms with van der Waals surface area (Å²) in [5, 5.41) is 4.77. The van der Waals surface area contributed by atoms with Crippen LogP contribution in [0, 0.1) is 0 Å². The summed E-state index contributed by atoms with van der Waals surface area (Å²) in [7, 11) is 1.68. The lowest BCUT2D eigenvalue weighted by atomic mass is 9.90. The second-order valence-corrected chi connectivity index (χ2v) is 10.1. The van der Waals surface area contributed by atoms with Crippen LogP contribution in [-0.2, 0) is 25.8 Å². The van der Waals surface area contributed by atoms with Crippen LogP contribution in [0.25, 0.3) is 10.2 Å². The molecule has 1 saturated carbocycles. The summed E-state index contributed by atoms with van der Waals surface area (Å²) in [6.45, 7) is 0.630. The molecule has 6 heteroatoms. The van der Waals surface area contributed by atoms with Crippen molar-refractivity contribution >= 4 is 21.6 Å². The van der Waals surface area contributed by atoms with Crippen molar-refractivity contribution < 1.29 is 4.74 Å². The van der Waals surface area contributed by atoms with Gasteiger partial charge in [-0.1, -0.05) is 31.4 Å². The molecule has 2 aliphatic rings. The minimum Gasteiger partial charge on any atom is -0.497 e. The Balaban J connectivity index is 1.33. The maximum Gasteiger partial charge on any atom is 0.262 e. The van der Waals surface area contributed by atoms with Gasteiger partial charge in [0.25, 0.3) is 5.56 Å². The van der Waals surface area contributed by atoms with E-state index in [9.17, 15) is 4.79 Å². The smallest absolute Gasteiger partial charge is 0.262 e. The van der Waals surface area contributed by atoms with Crippen LogP contribution in [0.15, 0.2) is 35.4 Å². The van der Waals surface area contributed by atoms with Gasteiger partial charge in [-0.2, -0.15) is 0 Å². The summed E-state index contributed by atoms with van der Waals surface area (Å²) in [4.78, 5) is 20.2. The molecule has 0 saturated heterocycles. The molecule has 1 fully saturated rings. The highest BCUT2D eigenvalue weighted by Gasteiger charge is 2.27. The first-order valence-corrected chi connectivity index (χ1v) is 12.4. The van der Waals surface area contributed by atoms with E-state index in [-0.39, 0.29) is 5.56 Å². The SMILES string of the molecule is COc1cccc(CCn2cnc3sc4c(c3c2=O)CCC(NC2CCCCC2)C4)c1. The Kier molecular flexibility index (Phi) is 6.10. The minimum absolute atomic E-state index is 0.115. The maximum atomic E-state index is 13.3. The molecule has 5 nitrogen and oxygen atoms in total. The molecule has 31 heavy (non-hydrogen) atoms. The summed E-state index contributed by atoms with van der Waals surface area (Å²) in [6.07, 6.45) is 12.4. The maximum absolute atomic E-state index is 13.3. The van der Waals surface area contributed by atoms with Gasteiger partial charge < -0.3 is 10.1 Å². The Labute approximate surface area is 187 Å². The third-order valence-corrected chi connectivity index (χ3v) is 8.05. The van der Waals surface area contributed by atoms with Crippen molar-refractivity contribution in [3.05, 3.63) is 57.0 Å². The predicted octanol–water partition coefficient (Wildman–Crippen LogP) is 4.49. The fourth-order valence-electron chi connectivity index (χ4n) is 5.18. The monoisotopic (exact) mass is 437 g/mol. The highest BCUT2D eigenvalue weighted by molar-refractivity contribution is 7.18. The van der Waals surface area contributed by atoms with Gasteiger partial charge in [-0.15, -0.1) is 11.3 Å². The lowest BCUT2D eigenvalue weighted by Gasteiger charge is -2.30. The number of hydrogen-bond donors (Lipinski definition) is 1. The van der Waals surface area contributed by atoms with E-state index in [4.69, 9.17) is 4.74 Å². The van der Waals surface area contributed by atoms with Crippen LogP contribution in [-0.4, -0.2) is 28.7 Å². The molecule has 0 amide bonds. The summed E-state index contributed by atoms with van der Waals surface area (Å²) in [5.41, 5.74) is 2.54. The third kappa shape index (κ3) is 4.41. The largest absolute Gasteiger partial charge is 0.497 e. The Bertz CT molecular complexity index is 1110. The number of benzene rings is 1. The predicted molar refractivity (Wildman–Crippen MR) is 126 cm³/mol. The average molecular weight is 438 g/mol. The van der Waals surface area contributed by atoms with Crippen molar-refractivity contribution in [1.82, 2.24) is 14.9 Å². The average Bonchev–Trinajstić information content (AvgIpc) is 3.18. The van der Waals surface area contributed by atoms with Gasteiger partial charge in [0.2, 0.25) is 0 Å². The second kappa shape index (κ2) is 9.13. The van der Waals surface area contributed by atoms with E-state index in [2.05, 4.69) is 16.4 Å². The molecule has 1 unspecified atom stereocenters. The van der Waals surface area contributed by atoms with E-state index in [1.54, 1.807) is 29.3 Å². The number of aromatic nitrogens is 2. The molecule has 0 bridgehead atoms. The van der Waals surface area contributed by atoms with Gasteiger partial charge in [0, 0.05) is 23.5 Å². The molecule has 164 valence electrons. The van der Waals surface area contributed by atoms with E-state index in [0.717, 1.165) is 47.2 Å². The molecule has 2 heterocycles. The molecule has 3 aromatic rings. The van der Waals surface area contributed by atoms with Crippen molar-refractivity contribution in [2.45, 2.75) is 76.4 Å². The van der Waals surface area contributed by atoms with E-state index < -0.39 is 0 Å². The molecular weight excluding hydrogens is 406 g/mol. The van der Waals surface area contributed by atoms with Crippen molar-refractivity contribution in [2.75, 3.05) is 7.11 Å². The molecule has 1 N–H and O–H groups in total. The molecule has 0 radical (unpaired) electrons. The van der Waals surface area contributed by atoms with Crippen LogP contribution in [0.1, 0.15) is 54.5 Å². The van der Waals surface area contributed by atoms with Crippen molar-refractivity contribution in [1.29, 1.82) is 0 Å². The fraction of sp³-hybridized carbons (Fsp3) is 0.520. The second-order valence-electron chi connectivity index (χ2n) is 8.97. The number of fused-ring (bicyclic) bond motifs is 3. The number of nitrogens with zero attached hydrogens (tertiary/aromatic N) is 2. The first kappa shape index (κ1) is 20.7. The number of ether oxygens (including phenoxy) is 1. The van der Waals surface area contributed by atoms with Gasteiger partial charge in [0.05, 0.1) is 18.8 Å². The summed E-state index contributed by atoms with van der Waals surface area (Å²) in [6, 6.07) is 9.26. The van der Waals surface area contributed by atoms with Crippen molar-refractivity contribution in [3.63, 3.8) is 0 Å². The Hall–Kier alpha value is -2.18. The molecule has 2 aromatic heterocycles. The molecule has 0 aliphatic heterocycles. The number of hydrogen-bond acceptors (Lipinski definition) is 5. The van der Waals surface area contributed by atoms with Crippen LogP contribution in [0.2, 0.25) is 0 Å². The van der Waals surface area contributed by atoms with E-state index in [0.29, 0.717) is 18.6 Å². The first-order valence-electron chi connectivity index (χ1n) is 11.6. The molecule has 0 spiro atoms. The normalized spacial score (nSPS) is 19.5. The fourth-order valence-corrected chi connectivity index (χ4v) is 6.44. The number of methoxy groups -OCH3 is 1. The number of nitrogens with one attached hydrogen (secondary N) is 1. The first-order chi connectivity index (χ1) is 15.2. The van der Waals surface area contributed by atoms with Crippen molar-refractivity contribution in [3.8, 4) is 5.75 Å². The van der Waals surface area contributed by atoms with E-state index in [1.165, 1.54) is 42.5 Å². The highest BCUT2D eigenvalue weighted by atomic mass is 32.1.